The van der Waals surface area contributed by atoms with Crippen LogP contribution in [0.2, 0.25) is 0 Å². The Morgan fingerprint density at radius 2 is 2.31 bits per heavy atom. The van der Waals surface area contributed by atoms with Gasteiger partial charge in [-0.25, -0.2) is 4.79 Å². The maximum atomic E-state index is 10.9. The van der Waals surface area contributed by atoms with E-state index in [1.807, 2.05) is 0 Å². The van der Waals surface area contributed by atoms with Crippen LogP contribution in [0.3, 0.4) is 0 Å². The molecule has 0 N–H and O–H groups in total. The molecule has 0 unspecified atom stereocenters. The number of hydrogen-bond acceptors (Lipinski definition) is 3. The van der Waals surface area contributed by atoms with E-state index in [1.165, 1.54) is 12.7 Å². The molecule has 1 aliphatic heterocycles. The van der Waals surface area contributed by atoms with Crippen molar-refractivity contribution in [3.05, 3.63) is 11.6 Å². The van der Waals surface area contributed by atoms with Gasteiger partial charge in [0, 0.05) is 25.2 Å². The summed E-state index contributed by atoms with van der Waals surface area (Å²) in [7, 11) is 1.41. The van der Waals surface area contributed by atoms with Gasteiger partial charge in [-0.2, -0.15) is 0 Å². The van der Waals surface area contributed by atoms with Gasteiger partial charge < -0.3 is 4.74 Å². The van der Waals surface area contributed by atoms with Crippen molar-refractivity contribution >= 4 is 5.97 Å². The number of hydrogen-bond donors (Lipinski definition) is 0. The summed E-state index contributed by atoms with van der Waals surface area (Å²) < 4.78 is 4.57. The lowest BCUT2D eigenvalue weighted by Gasteiger charge is -2.18. The highest BCUT2D eigenvalue weighted by Crippen LogP contribution is 2.17. The van der Waals surface area contributed by atoms with Crippen LogP contribution in [0.1, 0.15) is 20.3 Å². The lowest BCUT2D eigenvalue weighted by molar-refractivity contribution is -0.134. The van der Waals surface area contributed by atoms with E-state index in [1.54, 1.807) is 6.08 Å². The summed E-state index contributed by atoms with van der Waals surface area (Å²) in [5.41, 5.74) is 1.18. The molecule has 0 spiro atoms. The smallest absolute Gasteiger partial charge is 0.330 e. The number of esters is 1. The molecule has 1 fully saturated rings. The first-order valence-electron chi connectivity index (χ1n) is 4.65. The predicted molar refractivity (Wildman–Crippen MR) is 51.4 cm³/mol. The van der Waals surface area contributed by atoms with Crippen LogP contribution >= 0.6 is 0 Å². The van der Waals surface area contributed by atoms with Gasteiger partial charge in [0.2, 0.25) is 0 Å². The van der Waals surface area contributed by atoms with E-state index in [2.05, 4.69) is 23.5 Å². The number of nitrogens with zero attached hydrogens (tertiary/aromatic N) is 1. The van der Waals surface area contributed by atoms with Crippen molar-refractivity contribution in [2.45, 2.75) is 26.3 Å². The van der Waals surface area contributed by atoms with Crippen molar-refractivity contribution < 1.29 is 9.53 Å². The zero-order valence-corrected chi connectivity index (χ0v) is 8.54. The summed E-state index contributed by atoms with van der Waals surface area (Å²) in [5.74, 6) is -0.236. The molecule has 13 heavy (non-hydrogen) atoms. The molecule has 3 heteroatoms. The molecule has 1 heterocycles. The second-order valence-electron chi connectivity index (χ2n) is 3.64. The van der Waals surface area contributed by atoms with Crippen LogP contribution in [0.4, 0.5) is 0 Å². The number of rotatable bonds is 2. The standard InChI is InChI=1S/C10H17NO2/c1-8(2)11-5-4-9(7-11)6-10(12)13-3/h6,8H,4-5,7H2,1-3H3/b9-6-. The molecule has 0 radical (unpaired) electrons. The van der Waals surface area contributed by atoms with E-state index in [-0.39, 0.29) is 5.97 Å². The van der Waals surface area contributed by atoms with E-state index in [4.69, 9.17) is 0 Å². The van der Waals surface area contributed by atoms with Crippen LogP contribution in [-0.2, 0) is 9.53 Å². The third kappa shape index (κ3) is 2.84. The maximum Gasteiger partial charge on any atom is 0.330 e. The molecule has 1 rings (SSSR count). The van der Waals surface area contributed by atoms with Gasteiger partial charge in [0.25, 0.3) is 0 Å². The first kappa shape index (κ1) is 10.3. The molecule has 0 bridgehead atoms. The topological polar surface area (TPSA) is 29.5 Å². The zero-order chi connectivity index (χ0) is 9.84. The van der Waals surface area contributed by atoms with E-state index in [0.717, 1.165) is 19.5 Å². The Balaban J connectivity index is 2.49. The summed E-state index contributed by atoms with van der Waals surface area (Å²) in [5, 5.41) is 0. The fraction of sp³-hybridized carbons (Fsp3) is 0.700. The third-order valence-electron chi connectivity index (χ3n) is 2.38. The summed E-state index contributed by atoms with van der Waals surface area (Å²) in [6, 6.07) is 0.559. The summed E-state index contributed by atoms with van der Waals surface area (Å²) >= 11 is 0. The highest BCUT2D eigenvalue weighted by Gasteiger charge is 2.19. The average molecular weight is 183 g/mol. The number of carbonyl (C=O) groups is 1. The minimum atomic E-state index is -0.236. The normalized spacial score (nSPS) is 21.4. The monoisotopic (exact) mass is 183 g/mol. The van der Waals surface area contributed by atoms with Crippen molar-refractivity contribution in [1.29, 1.82) is 0 Å². The second kappa shape index (κ2) is 4.42. The number of ether oxygens (including phenoxy) is 1. The molecule has 0 atom stereocenters. The minimum Gasteiger partial charge on any atom is -0.466 e. The molecule has 0 aromatic rings. The van der Waals surface area contributed by atoms with Gasteiger partial charge in [0.05, 0.1) is 7.11 Å². The van der Waals surface area contributed by atoms with Gasteiger partial charge in [-0.15, -0.1) is 0 Å². The van der Waals surface area contributed by atoms with Gasteiger partial charge in [-0.05, 0) is 25.8 Å². The summed E-state index contributed by atoms with van der Waals surface area (Å²) in [4.78, 5) is 13.3. The van der Waals surface area contributed by atoms with E-state index in [9.17, 15) is 4.79 Å². The van der Waals surface area contributed by atoms with Crippen molar-refractivity contribution in [2.75, 3.05) is 20.2 Å². The van der Waals surface area contributed by atoms with Crippen LogP contribution in [0, 0.1) is 0 Å². The van der Waals surface area contributed by atoms with Crippen LogP contribution < -0.4 is 0 Å². The Kier molecular flexibility index (Phi) is 3.48. The highest BCUT2D eigenvalue weighted by atomic mass is 16.5. The van der Waals surface area contributed by atoms with E-state index in [0.29, 0.717) is 6.04 Å². The molecular weight excluding hydrogens is 166 g/mol. The van der Waals surface area contributed by atoms with Gasteiger partial charge in [0.1, 0.15) is 0 Å². The van der Waals surface area contributed by atoms with Crippen molar-refractivity contribution in [3.63, 3.8) is 0 Å². The van der Waals surface area contributed by atoms with Gasteiger partial charge in [-0.1, -0.05) is 0 Å². The third-order valence-corrected chi connectivity index (χ3v) is 2.38. The van der Waals surface area contributed by atoms with Crippen molar-refractivity contribution in [2.24, 2.45) is 0 Å². The fourth-order valence-corrected chi connectivity index (χ4v) is 1.49. The van der Waals surface area contributed by atoms with Crippen molar-refractivity contribution in [3.8, 4) is 0 Å². The number of likely N-dealkylation sites (tertiary alicyclic amines) is 1. The fourth-order valence-electron chi connectivity index (χ4n) is 1.49. The Labute approximate surface area is 79.4 Å². The molecule has 74 valence electrons. The minimum absolute atomic E-state index is 0.236. The van der Waals surface area contributed by atoms with Gasteiger partial charge >= 0.3 is 5.97 Å². The van der Waals surface area contributed by atoms with Crippen LogP contribution in [-0.4, -0.2) is 37.1 Å². The lowest BCUT2D eigenvalue weighted by Crippen LogP contribution is -2.27. The van der Waals surface area contributed by atoms with Crippen LogP contribution in [0.5, 0.6) is 0 Å². The SMILES string of the molecule is COC(=O)/C=C1/CCN(C(C)C)C1. The van der Waals surface area contributed by atoms with Crippen LogP contribution in [0.15, 0.2) is 11.6 Å². The van der Waals surface area contributed by atoms with Crippen LogP contribution in [0.25, 0.3) is 0 Å². The molecule has 0 saturated carbocycles. The first-order chi connectivity index (χ1) is 6.13. The van der Waals surface area contributed by atoms with Gasteiger partial charge in [-0.3, -0.25) is 4.90 Å². The summed E-state index contributed by atoms with van der Waals surface area (Å²) in [6.07, 6.45) is 2.61. The molecule has 0 aliphatic carbocycles. The molecule has 1 aliphatic rings. The number of carbonyl (C=O) groups excluding carboxylic acids is 1. The maximum absolute atomic E-state index is 10.9. The molecular formula is C10H17NO2. The molecule has 0 aromatic heterocycles. The van der Waals surface area contributed by atoms with Crippen molar-refractivity contribution in [1.82, 2.24) is 4.90 Å². The highest BCUT2D eigenvalue weighted by molar-refractivity contribution is 5.82. The lowest BCUT2D eigenvalue weighted by atomic mass is 10.2. The zero-order valence-electron chi connectivity index (χ0n) is 8.54. The Morgan fingerprint density at radius 1 is 1.62 bits per heavy atom. The van der Waals surface area contributed by atoms with Gasteiger partial charge in [0.15, 0.2) is 0 Å². The van der Waals surface area contributed by atoms with E-state index < -0.39 is 0 Å². The Hall–Kier alpha value is -0.830. The molecule has 1 saturated heterocycles. The predicted octanol–water partition coefficient (Wildman–Crippen LogP) is 1.20. The average Bonchev–Trinajstić information content (AvgIpc) is 2.52. The Bertz CT molecular complexity index is 221. The molecule has 3 nitrogen and oxygen atoms in total. The molecule has 0 aromatic carbocycles. The largest absolute Gasteiger partial charge is 0.466 e. The quantitative estimate of drug-likeness (QED) is 0.476. The second-order valence-corrected chi connectivity index (χ2v) is 3.64. The van der Waals surface area contributed by atoms with E-state index >= 15 is 0 Å². The first-order valence-corrected chi connectivity index (χ1v) is 4.65. The Morgan fingerprint density at radius 3 is 2.77 bits per heavy atom. The summed E-state index contributed by atoms with van der Waals surface area (Å²) in [6.45, 7) is 6.30. The molecule has 0 amide bonds. The number of methoxy groups -OCH3 is 1.